The molecule has 18 heavy (non-hydrogen) atoms. The van der Waals surface area contributed by atoms with E-state index in [9.17, 15) is 4.79 Å². The fourth-order valence-electron chi connectivity index (χ4n) is 1.80. The van der Waals surface area contributed by atoms with E-state index in [0.717, 1.165) is 27.8 Å². The number of carbonyl (C=O) groups excluding carboxylic acids is 1. The molecule has 0 fully saturated rings. The van der Waals surface area contributed by atoms with Crippen LogP contribution >= 0.6 is 0 Å². The summed E-state index contributed by atoms with van der Waals surface area (Å²) in [5.41, 5.74) is 2.87. The van der Waals surface area contributed by atoms with Crippen LogP contribution in [-0.4, -0.2) is 18.1 Å². The third kappa shape index (κ3) is 2.42. The Kier molecular flexibility index (Phi) is 3.46. The van der Waals surface area contributed by atoms with E-state index in [1.165, 1.54) is 6.92 Å². The summed E-state index contributed by atoms with van der Waals surface area (Å²) in [7, 11) is 1.63. The summed E-state index contributed by atoms with van der Waals surface area (Å²) in [6.07, 6.45) is 1.74. The van der Waals surface area contributed by atoms with E-state index in [1.54, 1.807) is 13.3 Å². The second kappa shape index (κ2) is 5.04. The third-order valence-electron chi connectivity index (χ3n) is 2.88. The van der Waals surface area contributed by atoms with Gasteiger partial charge >= 0.3 is 5.97 Å². The minimum atomic E-state index is -0.292. The molecule has 0 saturated heterocycles. The van der Waals surface area contributed by atoms with Gasteiger partial charge in [-0.1, -0.05) is 0 Å². The van der Waals surface area contributed by atoms with Crippen molar-refractivity contribution in [3.8, 4) is 5.75 Å². The molecule has 0 aliphatic heterocycles. The standard InChI is InChI=1S/C14H15NO3/c1-9-11(8-18-10(2)16)7-15-14-5-4-12(17-3)6-13(9)14/h4-7H,8H2,1-3H3. The van der Waals surface area contributed by atoms with Crippen LogP contribution in [-0.2, 0) is 16.1 Å². The molecule has 0 amide bonds. The number of esters is 1. The van der Waals surface area contributed by atoms with Gasteiger partial charge in [-0.15, -0.1) is 0 Å². The van der Waals surface area contributed by atoms with Crippen LogP contribution in [0.2, 0.25) is 0 Å². The molecule has 0 N–H and O–H groups in total. The molecule has 1 aromatic heterocycles. The Labute approximate surface area is 106 Å². The number of rotatable bonds is 3. The van der Waals surface area contributed by atoms with Crippen molar-refractivity contribution in [2.24, 2.45) is 0 Å². The highest BCUT2D eigenvalue weighted by Gasteiger charge is 2.07. The lowest BCUT2D eigenvalue weighted by Gasteiger charge is -2.09. The SMILES string of the molecule is COc1ccc2ncc(COC(C)=O)c(C)c2c1. The Morgan fingerprint density at radius 1 is 1.39 bits per heavy atom. The first-order valence-corrected chi connectivity index (χ1v) is 5.67. The third-order valence-corrected chi connectivity index (χ3v) is 2.88. The molecule has 1 heterocycles. The number of hydrogen-bond donors (Lipinski definition) is 0. The fourth-order valence-corrected chi connectivity index (χ4v) is 1.80. The van der Waals surface area contributed by atoms with Gasteiger partial charge in [-0.3, -0.25) is 9.78 Å². The topological polar surface area (TPSA) is 48.4 Å². The van der Waals surface area contributed by atoms with Crippen molar-refractivity contribution in [2.45, 2.75) is 20.5 Å². The number of ether oxygens (including phenoxy) is 2. The first kappa shape index (κ1) is 12.4. The van der Waals surface area contributed by atoms with Crippen LogP contribution in [0.15, 0.2) is 24.4 Å². The predicted octanol–water partition coefficient (Wildman–Crippen LogP) is 2.61. The summed E-state index contributed by atoms with van der Waals surface area (Å²) in [5.74, 6) is 0.497. The van der Waals surface area contributed by atoms with E-state index in [-0.39, 0.29) is 12.6 Å². The van der Waals surface area contributed by atoms with Gasteiger partial charge in [0.25, 0.3) is 0 Å². The lowest BCUT2D eigenvalue weighted by Crippen LogP contribution is -2.01. The molecule has 0 bridgehead atoms. The summed E-state index contributed by atoms with van der Waals surface area (Å²) < 4.78 is 10.2. The van der Waals surface area contributed by atoms with Crippen LogP contribution in [0.25, 0.3) is 10.9 Å². The minimum Gasteiger partial charge on any atom is -0.497 e. The van der Waals surface area contributed by atoms with Crippen LogP contribution in [0.5, 0.6) is 5.75 Å². The number of methoxy groups -OCH3 is 1. The summed E-state index contributed by atoms with van der Waals surface area (Å²) in [5, 5.41) is 1.01. The molecule has 0 aliphatic rings. The molecule has 4 nitrogen and oxygen atoms in total. The number of carbonyl (C=O) groups is 1. The number of aromatic nitrogens is 1. The lowest BCUT2D eigenvalue weighted by molar-refractivity contribution is -0.142. The molecule has 0 spiro atoms. The molecule has 2 aromatic rings. The molecule has 1 aromatic carbocycles. The average molecular weight is 245 g/mol. The van der Waals surface area contributed by atoms with Gasteiger partial charge in [0.2, 0.25) is 0 Å². The monoisotopic (exact) mass is 245 g/mol. The Balaban J connectivity index is 2.44. The molecule has 0 atom stereocenters. The van der Waals surface area contributed by atoms with Crippen molar-refractivity contribution >= 4 is 16.9 Å². The van der Waals surface area contributed by atoms with Gasteiger partial charge < -0.3 is 9.47 Å². The number of fused-ring (bicyclic) bond motifs is 1. The van der Waals surface area contributed by atoms with Crippen molar-refractivity contribution < 1.29 is 14.3 Å². The van der Waals surface area contributed by atoms with Crippen LogP contribution in [0.4, 0.5) is 0 Å². The van der Waals surface area contributed by atoms with E-state index in [4.69, 9.17) is 9.47 Å². The molecule has 0 unspecified atom stereocenters. The Bertz CT molecular complexity index is 593. The Hall–Kier alpha value is -2.10. The molecular formula is C14H15NO3. The maximum Gasteiger partial charge on any atom is 0.302 e. The van der Waals surface area contributed by atoms with Gasteiger partial charge in [0.05, 0.1) is 12.6 Å². The molecule has 4 heteroatoms. The largest absolute Gasteiger partial charge is 0.497 e. The maximum atomic E-state index is 10.8. The van der Waals surface area contributed by atoms with Crippen LogP contribution in [0.1, 0.15) is 18.1 Å². The number of nitrogens with zero attached hydrogens (tertiary/aromatic N) is 1. The molecular weight excluding hydrogens is 230 g/mol. The van der Waals surface area contributed by atoms with Gasteiger partial charge in [-0.2, -0.15) is 0 Å². The highest BCUT2D eigenvalue weighted by molar-refractivity contribution is 5.84. The summed E-state index contributed by atoms with van der Waals surface area (Å²) in [6, 6.07) is 5.73. The van der Waals surface area contributed by atoms with E-state index >= 15 is 0 Å². The second-order valence-corrected chi connectivity index (χ2v) is 4.07. The van der Waals surface area contributed by atoms with Gasteiger partial charge in [0.15, 0.2) is 0 Å². The number of benzene rings is 1. The van der Waals surface area contributed by atoms with Crippen LogP contribution in [0, 0.1) is 6.92 Å². The van der Waals surface area contributed by atoms with Crippen molar-refractivity contribution in [3.05, 3.63) is 35.5 Å². The van der Waals surface area contributed by atoms with Crippen molar-refractivity contribution in [1.82, 2.24) is 4.98 Å². The van der Waals surface area contributed by atoms with E-state index in [1.807, 2.05) is 25.1 Å². The molecule has 0 saturated carbocycles. The van der Waals surface area contributed by atoms with Crippen molar-refractivity contribution in [3.63, 3.8) is 0 Å². The number of aryl methyl sites for hydroxylation is 1. The second-order valence-electron chi connectivity index (χ2n) is 4.07. The maximum absolute atomic E-state index is 10.8. The number of hydrogen-bond acceptors (Lipinski definition) is 4. The van der Waals surface area contributed by atoms with Gasteiger partial charge in [-0.25, -0.2) is 0 Å². The van der Waals surface area contributed by atoms with E-state index in [2.05, 4.69) is 4.98 Å². The zero-order valence-corrected chi connectivity index (χ0v) is 10.7. The van der Waals surface area contributed by atoms with Gasteiger partial charge in [-0.05, 0) is 30.7 Å². The molecule has 0 radical (unpaired) electrons. The van der Waals surface area contributed by atoms with Gasteiger partial charge in [0.1, 0.15) is 12.4 Å². The predicted molar refractivity (Wildman–Crippen MR) is 68.5 cm³/mol. The first-order valence-electron chi connectivity index (χ1n) is 5.67. The normalized spacial score (nSPS) is 10.4. The lowest BCUT2D eigenvalue weighted by atomic mass is 10.1. The summed E-state index contributed by atoms with van der Waals surface area (Å²) >= 11 is 0. The molecule has 0 aliphatic carbocycles. The first-order chi connectivity index (χ1) is 8.61. The Morgan fingerprint density at radius 2 is 2.17 bits per heavy atom. The zero-order chi connectivity index (χ0) is 13.1. The van der Waals surface area contributed by atoms with Crippen molar-refractivity contribution in [1.29, 1.82) is 0 Å². The van der Waals surface area contributed by atoms with Crippen LogP contribution < -0.4 is 4.74 Å². The minimum absolute atomic E-state index is 0.251. The summed E-state index contributed by atoms with van der Waals surface area (Å²) in [4.78, 5) is 15.2. The van der Waals surface area contributed by atoms with Gasteiger partial charge in [0, 0.05) is 24.1 Å². The van der Waals surface area contributed by atoms with Crippen molar-refractivity contribution in [2.75, 3.05) is 7.11 Å². The zero-order valence-electron chi connectivity index (χ0n) is 10.7. The number of pyridine rings is 1. The summed E-state index contributed by atoms with van der Waals surface area (Å²) in [6.45, 7) is 3.64. The van der Waals surface area contributed by atoms with E-state index in [0.29, 0.717) is 0 Å². The van der Waals surface area contributed by atoms with Crippen LogP contribution in [0.3, 0.4) is 0 Å². The quantitative estimate of drug-likeness (QED) is 0.780. The molecule has 94 valence electrons. The smallest absolute Gasteiger partial charge is 0.302 e. The Morgan fingerprint density at radius 3 is 2.83 bits per heavy atom. The molecule has 2 rings (SSSR count). The highest BCUT2D eigenvalue weighted by atomic mass is 16.5. The van der Waals surface area contributed by atoms with E-state index < -0.39 is 0 Å². The fraction of sp³-hybridized carbons (Fsp3) is 0.286. The highest BCUT2D eigenvalue weighted by Crippen LogP contribution is 2.24. The average Bonchev–Trinajstić information content (AvgIpc) is 2.37.